The maximum absolute atomic E-state index is 13.1. The molecule has 1 aromatic carbocycles. The Hall–Kier alpha value is -3.30. The minimum atomic E-state index is -4.04. The molecular weight excluding hydrogens is 464 g/mol. The third-order valence-electron chi connectivity index (χ3n) is 4.74. The van der Waals surface area contributed by atoms with E-state index < -0.39 is 21.7 Å². The highest BCUT2D eigenvalue weighted by Crippen LogP contribution is 2.26. The number of carbonyl (C=O) groups excluding carboxylic acids is 2. The van der Waals surface area contributed by atoms with Crippen LogP contribution in [0.3, 0.4) is 0 Å². The van der Waals surface area contributed by atoms with Crippen molar-refractivity contribution in [1.82, 2.24) is 9.97 Å². The quantitative estimate of drug-likeness (QED) is 0.491. The zero-order valence-electron chi connectivity index (χ0n) is 18.3. The highest BCUT2D eigenvalue weighted by Gasteiger charge is 2.23. The first-order valence-electron chi connectivity index (χ1n) is 9.95. The number of primary amides is 1. The molecule has 0 aliphatic carbocycles. The van der Waals surface area contributed by atoms with Crippen molar-refractivity contribution in [2.75, 3.05) is 4.72 Å². The molecule has 0 radical (unpaired) electrons. The average molecular weight is 487 g/mol. The SMILES string of the molecule is CC(C)(C)c1ccc(S(=O)(=O)Nc2cc(Cl)cnc2C(=O)c2cccc(CC(N)=O)n2)cc1. The van der Waals surface area contributed by atoms with E-state index in [-0.39, 0.29) is 38.8 Å². The number of amides is 1. The van der Waals surface area contributed by atoms with E-state index in [1.165, 1.54) is 30.5 Å². The van der Waals surface area contributed by atoms with Gasteiger partial charge in [-0.3, -0.25) is 14.3 Å². The molecule has 0 aliphatic heterocycles. The molecule has 2 aromatic heterocycles. The highest BCUT2D eigenvalue weighted by atomic mass is 35.5. The highest BCUT2D eigenvalue weighted by molar-refractivity contribution is 7.92. The molecule has 0 aliphatic rings. The largest absolute Gasteiger partial charge is 0.369 e. The number of sulfonamides is 1. The standard InChI is InChI=1S/C23H23ClN4O4S/c1-23(2,3)14-7-9-17(10-8-14)33(31,32)28-19-11-15(24)13-26-21(19)22(30)18-6-4-5-16(27-18)12-20(25)29/h4-11,13,28H,12H2,1-3H3,(H2,25,29). The second-order valence-corrected chi connectivity index (χ2v) is 10.5. The number of aromatic nitrogens is 2. The van der Waals surface area contributed by atoms with Crippen LogP contribution in [0.4, 0.5) is 5.69 Å². The van der Waals surface area contributed by atoms with Crippen LogP contribution in [0.25, 0.3) is 0 Å². The van der Waals surface area contributed by atoms with Gasteiger partial charge in [0.15, 0.2) is 0 Å². The van der Waals surface area contributed by atoms with E-state index in [0.717, 1.165) is 5.56 Å². The molecular formula is C23H23ClN4O4S. The van der Waals surface area contributed by atoms with Crippen LogP contribution < -0.4 is 10.5 Å². The van der Waals surface area contributed by atoms with Crippen molar-refractivity contribution >= 4 is 39.0 Å². The summed E-state index contributed by atoms with van der Waals surface area (Å²) in [5.41, 5.74) is 6.05. The minimum Gasteiger partial charge on any atom is -0.369 e. The molecule has 172 valence electrons. The van der Waals surface area contributed by atoms with E-state index in [0.29, 0.717) is 5.69 Å². The number of rotatable bonds is 7. The molecule has 10 heteroatoms. The number of carbonyl (C=O) groups is 2. The third kappa shape index (κ3) is 5.94. The van der Waals surface area contributed by atoms with Gasteiger partial charge < -0.3 is 5.73 Å². The Labute approximate surface area is 197 Å². The van der Waals surface area contributed by atoms with E-state index in [2.05, 4.69) is 14.7 Å². The lowest BCUT2D eigenvalue weighted by atomic mass is 9.87. The summed E-state index contributed by atoms with van der Waals surface area (Å²) in [4.78, 5) is 32.4. The molecule has 0 saturated heterocycles. The molecule has 3 N–H and O–H groups in total. The second kappa shape index (κ2) is 9.29. The third-order valence-corrected chi connectivity index (χ3v) is 6.33. The maximum atomic E-state index is 13.1. The lowest BCUT2D eigenvalue weighted by Crippen LogP contribution is -2.19. The summed E-state index contributed by atoms with van der Waals surface area (Å²) in [5.74, 6) is -1.23. The summed E-state index contributed by atoms with van der Waals surface area (Å²) < 4.78 is 28.4. The fourth-order valence-electron chi connectivity index (χ4n) is 3.04. The summed E-state index contributed by atoms with van der Waals surface area (Å²) in [7, 11) is -4.04. The number of hydrogen-bond acceptors (Lipinski definition) is 6. The van der Waals surface area contributed by atoms with Crippen LogP contribution in [0.2, 0.25) is 5.02 Å². The minimum absolute atomic E-state index is 0.0152. The maximum Gasteiger partial charge on any atom is 0.261 e. The predicted molar refractivity (Wildman–Crippen MR) is 126 cm³/mol. The van der Waals surface area contributed by atoms with E-state index in [9.17, 15) is 18.0 Å². The Morgan fingerprint density at radius 2 is 1.76 bits per heavy atom. The fraction of sp³-hybridized carbons (Fsp3) is 0.217. The van der Waals surface area contributed by atoms with Gasteiger partial charge in [-0.15, -0.1) is 0 Å². The number of benzene rings is 1. The Kier molecular flexibility index (Phi) is 6.85. The van der Waals surface area contributed by atoms with Crippen molar-refractivity contribution in [2.45, 2.75) is 37.5 Å². The lowest BCUT2D eigenvalue weighted by molar-refractivity contribution is -0.117. The van der Waals surface area contributed by atoms with Crippen molar-refractivity contribution in [1.29, 1.82) is 0 Å². The van der Waals surface area contributed by atoms with Crippen LogP contribution in [0, 0.1) is 0 Å². The van der Waals surface area contributed by atoms with Crippen molar-refractivity contribution in [3.8, 4) is 0 Å². The van der Waals surface area contributed by atoms with Crippen molar-refractivity contribution in [3.05, 3.63) is 82.4 Å². The van der Waals surface area contributed by atoms with Gasteiger partial charge in [0.2, 0.25) is 11.7 Å². The van der Waals surface area contributed by atoms with Gasteiger partial charge in [0, 0.05) is 6.20 Å². The van der Waals surface area contributed by atoms with Gasteiger partial charge >= 0.3 is 0 Å². The van der Waals surface area contributed by atoms with Crippen LogP contribution in [0.1, 0.15) is 48.2 Å². The summed E-state index contributed by atoms with van der Waals surface area (Å²) in [5, 5.41) is 0.141. The second-order valence-electron chi connectivity index (χ2n) is 8.42. The number of halogens is 1. The topological polar surface area (TPSA) is 132 Å². The van der Waals surface area contributed by atoms with Crippen molar-refractivity contribution in [3.63, 3.8) is 0 Å². The number of ketones is 1. The van der Waals surface area contributed by atoms with Gasteiger partial charge in [-0.2, -0.15) is 0 Å². The van der Waals surface area contributed by atoms with Gasteiger partial charge in [-0.25, -0.2) is 18.4 Å². The molecule has 0 bridgehead atoms. The molecule has 0 fully saturated rings. The lowest BCUT2D eigenvalue weighted by Gasteiger charge is -2.19. The molecule has 1 amide bonds. The van der Waals surface area contributed by atoms with Crippen LogP contribution in [0.5, 0.6) is 0 Å². The van der Waals surface area contributed by atoms with E-state index in [4.69, 9.17) is 17.3 Å². The van der Waals surface area contributed by atoms with Crippen molar-refractivity contribution < 1.29 is 18.0 Å². The van der Waals surface area contributed by atoms with Crippen LogP contribution in [-0.2, 0) is 26.7 Å². The first kappa shape index (κ1) is 24.3. The molecule has 3 rings (SSSR count). The molecule has 33 heavy (non-hydrogen) atoms. The van der Waals surface area contributed by atoms with Crippen molar-refractivity contribution in [2.24, 2.45) is 5.73 Å². The Morgan fingerprint density at radius 3 is 2.36 bits per heavy atom. The van der Waals surface area contributed by atoms with Gasteiger partial charge in [0.05, 0.1) is 27.7 Å². The normalized spacial score (nSPS) is 11.8. The van der Waals surface area contributed by atoms with E-state index in [1.807, 2.05) is 20.8 Å². The summed E-state index contributed by atoms with van der Waals surface area (Å²) >= 11 is 6.02. The zero-order valence-corrected chi connectivity index (χ0v) is 19.9. The average Bonchev–Trinajstić information content (AvgIpc) is 2.72. The van der Waals surface area contributed by atoms with Crippen LogP contribution in [0.15, 0.2) is 59.6 Å². The molecule has 2 heterocycles. The van der Waals surface area contributed by atoms with Gasteiger partial charge in [0.25, 0.3) is 10.0 Å². The molecule has 0 unspecified atom stereocenters. The fourth-order valence-corrected chi connectivity index (χ4v) is 4.26. The van der Waals surface area contributed by atoms with E-state index in [1.54, 1.807) is 24.3 Å². The van der Waals surface area contributed by atoms with Gasteiger partial charge in [0.1, 0.15) is 11.4 Å². The number of nitrogens with one attached hydrogen (secondary N) is 1. The summed E-state index contributed by atoms with van der Waals surface area (Å²) in [6, 6.07) is 12.3. The summed E-state index contributed by atoms with van der Waals surface area (Å²) in [6.07, 6.45) is 1.09. The molecule has 0 saturated carbocycles. The molecule has 8 nitrogen and oxygen atoms in total. The van der Waals surface area contributed by atoms with Gasteiger partial charge in [-0.05, 0) is 41.3 Å². The zero-order chi connectivity index (χ0) is 24.4. The van der Waals surface area contributed by atoms with Gasteiger partial charge in [-0.1, -0.05) is 50.6 Å². The first-order chi connectivity index (χ1) is 15.4. The Balaban J connectivity index is 1.96. The molecule has 3 aromatic rings. The Bertz CT molecular complexity index is 1320. The number of nitrogens with zero attached hydrogens (tertiary/aromatic N) is 2. The summed E-state index contributed by atoms with van der Waals surface area (Å²) in [6.45, 7) is 6.07. The number of hydrogen-bond donors (Lipinski definition) is 2. The van der Waals surface area contributed by atoms with Crippen LogP contribution >= 0.6 is 11.6 Å². The predicted octanol–water partition coefficient (Wildman–Crippen LogP) is 3.49. The number of nitrogens with two attached hydrogens (primary N) is 1. The van der Waals surface area contributed by atoms with Crippen LogP contribution in [-0.4, -0.2) is 30.1 Å². The number of anilines is 1. The molecule has 0 atom stereocenters. The molecule has 0 spiro atoms. The first-order valence-corrected chi connectivity index (χ1v) is 11.8. The number of pyridine rings is 2. The monoisotopic (exact) mass is 486 g/mol. The van der Waals surface area contributed by atoms with E-state index >= 15 is 0 Å². The smallest absolute Gasteiger partial charge is 0.261 e. The Morgan fingerprint density at radius 1 is 1.09 bits per heavy atom.